The summed E-state index contributed by atoms with van der Waals surface area (Å²) in [5.74, 6) is -0.610. The second-order valence-electron chi connectivity index (χ2n) is 9.28. The second-order valence-corrected chi connectivity index (χ2v) is 9.66. The van der Waals surface area contributed by atoms with E-state index in [-0.39, 0.29) is 49.1 Å². The van der Waals surface area contributed by atoms with Crippen molar-refractivity contribution in [3.05, 3.63) is 51.8 Å². The molecule has 1 aromatic heterocycles. The number of nitrogens with one attached hydrogen (secondary N) is 1. The lowest BCUT2D eigenvalue weighted by atomic mass is 10.1. The van der Waals surface area contributed by atoms with Gasteiger partial charge in [0.15, 0.2) is 0 Å². The molecule has 3 atom stereocenters. The number of likely N-dealkylation sites (tertiary alicyclic amines) is 2. The van der Waals surface area contributed by atoms with E-state index in [9.17, 15) is 14.3 Å². The summed E-state index contributed by atoms with van der Waals surface area (Å²) in [6.45, 7) is 7.49. The molecule has 4 rings (SSSR count). The van der Waals surface area contributed by atoms with Gasteiger partial charge in [-0.2, -0.15) is 0 Å². The van der Waals surface area contributed by atoms with Crippen LogP contribution in [0.2, 0.25) is 5.02 Å². The molecule has 2 N–H and O–H groups in total. The van der Waals surface area contributed by atoms with Crippen molar-refractivity contribution < 1.29 is 19.0 Å². The molecule has 3 heterocycles. The molecule has 188 valence electrons. The smallest absolute Gasteiger partial charge is 0.257 e. The minimum absolute atomic E-state index is 0.0150. The molecule has 1 amide bonds. The Morgan fingerprint density at radius 3 is 2.66 bits per heavy atom. The van der Waals surface area contributed by atoms with E-state index in [0.717, 1.165) is 13.0 Å². The molecule has 1 aromatic carbocycles. The zero-order chi connectivity index (χ0) is 25.3. The first kappa shape index (κ1) is 25.5. The quantitative estimate of drug-likeness (QED) is 0.600. The summed E-state index contributed by atoms with van der Waals surface area (Å²) >= 11 is 6.19. The zero-order valence-corrected chi connectivity index (χ0v) is 21.0. The number of halogens is 2. The average molecular weight is 504 g/mol. The van der Waals surface area contributed by atoms with E-state index in [2.05, 4.69) is 21.8 Å². The van der Waals surface area contributed by atoms with Crippen LogP contribution in [-0.2, 0) is 0 Å². The van der Waals surface area contributed by atoms with E-state index >= 15 is 0 Å². The maximum atomic E-state index is 14.1. The average Bonchev–Trinajstić information content (AvgIpc) is 3.40. The lowest BCUT2D eigenvalue weighted by Gasteiger charge is -2.21. The maximum absolute atomic E-state index is 14.1. The predicted octanol–water partition coefficient (Wildman–Crippen LogP) is 3.37. The van der Waals surface area contributed by atoms with Crippen molar-refractivity contribution in [1.82, 2.24) is 19.8 Å². The lowest BCUT2D eigenvalue weighted by molar-refractivity contribution is 0.0787. The van der Waals surface area contributed by atoms with E-state index in [4.69, 9.17) is 21.7 Å². The molecule has 35 heavy (non-hydrogen) atoms. The molecule has 2 fully saturated rings. The number of carbonyl (C=O) groups is 1. The Balaban J connectivity index is 1.53. The van der Waals surface area contributed by atoms with Gasteiger partial charge < -0.3 is 20.2 Å². The molecule has 2 saturated heterocycles. The summed E-state index contributed by atoms with van der Waals surface area (Å²) in [6, 6.07) is 3.89. The van der Waals surface area contributed by atoms with Crippen LogP contribution >= 0.6 is 11.6 Å². The fourth-order valence-electron chi connectivity index (χ4n) is 4.88. The van der Waals surface area contributed by atoms with Crippen molar-refractivity contribution in [3.63, 3.8) is 0 Å². The summed E-state index contributed by atoms with van der Waals surface area (Å²) in [5.41, 5.74) is 1.85. The molecular weight excluding hydrogens is 473 g/mol. The van der Waals surface area contributed by atoms with Gasteiger partial charge in [0.25, 0.3) is 5.91 Å². The normalized spacial score (nSPS) is 22.7. The highest BCUT2D eigenvalue weighted by molar-refractivity contribution is 6.31. The van der Waals surface area contributed by atoms with Crippen molar-refractivity contribution in [3.8, 4) is 5.75 Å². The third kappa shape index (κ3) is 5.32. The minimum Gasteiger partial charge on any atom is -0.488 e. The summed E-state index contributed by atoms with van der Waals surface area (Å²) in [6.07, 6.45) is 1.29. The molecule has 2 aliphatic rings. The van der Waals surface area contributed by atoms with Crippen molar-refractivity contribution >= 4 is 23.2 Å². The van der Waals surface area contributed by atoms with Crippen molar-refractivity contribution in [2.24, 2.45) is 0 Å². The number of aromatic nitrogens is 2. The van der Waals surface area contributed by atoms with E-state index in [1.807, 2.05) is 0 Å². The number of carbonyl (C=O) groups excluding carboxylic acids is 1. The highest BCUT2D eigenvalue weighted by atomic mass is 35.5. The van der Waals surface area contributed by atoms with Gasteiger partial charge in [-0.25, -0.2) is 14.4 Å². The van der Waals surface area contributed by atoms with Crippen molar-refractivity contribution in [1.29, 1.82) is 5.41 Å². The van der Waals surface area contributed by atoms with Crippen molar-refractivity contribution in [2.75, 3.05) is 32.8 Å². The number of aliphatic hydroxyl groups is 1. The van der Waals surface area contributed by atoms with Crippen LogP contribution < -0.4 is 4.74 Å². The Hall–Kier alpha value is -2.62. The zero-order valence-electron chi connectivity index (χ0n) is 20.2. The second kappa shape index (κ2) is 10.6. The summed E-state index contributed by atoms with van der Waals surface area (Å²) in [4.78, 5) is 26.1. The lowest BCUT2D eigenvalue weighted by Crippen LogP contribution is -2.33. The topological polar surface area (TPSA) is 103 Å². The van der Waals surface area contributed by atoms with Gasteiger partial charge in [0.2, 0.25) is 0 Å². The van der Waals surface area contributed by atoms with Crippen LogP contribution in [-0.4, -0.2) is 81.4 Å². The fourth-order valence-corrected chi connectivity index (χ4v) is 4.97. The molecule has 2 aromatic rings. The molecule has 8 nitrogen and oxygen atoms in total. The Labute approximate surface area is 209 Å². The van der Waals surface area contributed by atoms with Crippen LogP contribution in [0, 0.1) is 25.1 Å². The van der Waals surface area contributed by atoms with Gasteiger partial charge >= 0.3 is 0 Å². The number of amides is 1. The number of hydrogen-bond donors (Lipinski definition) is 2. The van der Waals surface area contributed by atoms with Crippen LogP contribution in [0.4, 0.5) is 4.39 Å². The highest BCUT2D eigenvalue weighted by Crippen LogP contribution is 2.31. The Bertz CT molecular complexity index is 1110. The molecule has 0 spiro atoms. The number of aliphatic hydroxyl groups excluding tert-OH is 1. The first-order chi connectivity index (χ1) is 16.7. The van der Waals surface area contributed by atoms with Gasteiger partial charge in [-0.05, 0) is 38.9 Å². The van der Waals surface area contributed by atoms with E-state index in [1.54, 1.807) is 18.7 Å². The first-order valence-corrected chi connectivity index (χ1v) is 12.3. The van der Waals surface area contributed by atoms with Gasteiger partial charge in [-0.3, -0.25) is 9.69 Å². The monoisotopic (exact) mass is 503 g/mol. The van der Waals surface area contributed by atoms with Crippen LogP contribution in [0.25, 0.3) is 0 Å². The third-order valence-corrected chi connectivity index (χ3v) is 7.21. The molecule has 10 heteroatoms. The molecule has 0 bridgehead atoms. The van der Waals surface area contributed by atoms with Crippen LogP contribution in [0.15, 0.2) is 18.2 Å². The fraction of sp³-hybridized carbons (Fsp3) is 0.520. The number of aryl methyl sites for hydroxylation is 2. The van der Waals surface area contributed by atoms with E-state index in [1.165, 1.54) is 18.2 Å². The Kier molecular flexibility index (Phi) is 7.68. The standard InChI is InChI=1S/C25H31ClFN5O3/c1-4-7-31-10-18(9-17(31)13-33)35-22-8-16(27)5-6-19(22)25(34)32-11-20(21(28)12-32)24-29-14(2)23(26)15(3)30-24/h5-6,8,17-18,20,28,33H,4,7,9-13H2,1-3H3. The van der Waals surface area contributed by atoms with Gasteiger partial charge in [0.05, 0.1) is 41.0 Å². The first-order valence-electron chi connectivity index (χ1n) is 11.9. The van der Waals surface area contributed by atoms with Gasteiger partial charge in [-0.1, -0.05) is 18.5 Å². The molecule has 0 saturated carbocycles. The summed E-state index contributed by atoms with van der Waals surface area (Å²) in [5, 5.41) is 18.7. The molecule has 3 unspecified atom stereocenters. The van der Waals surface area contributed by atoms with Crippen LogP contribution in [0.3, 0.4) is 0 Å². The minimum atomic E-state index is -0.494. The van der Waals surface area contributed by atoms with Gasteiger partial charge in [-0.15, -0.1) is 0 Å². The maximum Gasteiger partial charge on any atom is 0.257 e. The number of hydrogen-bond acceptors (Lipinski definition) is 7. The van der Waals surface area contributed by atoms with Gasteiger partial charge in [0, 0.05) is 37.3 Å². The number of rotatable bonds is 7. The Morgan fingerprint density at radius 2 is 2.00 bits per heavy atom. The molecular formula is C25H31ClFN5O3. The molecule has 0 radical (unpaired) electrons. The SMILES string of the molecule is CCCN1CC(Oc2cc(F)ccc2C(=O)N2CC(=N)C(c3nc(C)c(Cl)c(C)n3)C2)CC1CO. The molecule has 0 aliphatic carbocycles. The number of nitrogens with zero attached hydrogens (tertiary/aromatic N) is 4. The highest BCUT2D eigenvalue weighted by Gasteiger charge is 2.37. The van der Waals surface area contributed by atoms with Crippen LogP contribution in [0.5, 0.6) is 5.75 Å². The van der Waals surface area contributed by atoms with E-state index in [0.29, 0.717) is 40.9 Å². The largest absolute Gasteiger partial charge is 0.488 e. The Morgan fingerprint density at radius 1 is 1.29 bits per heavy atom. The van der Waals surface area contributed by atoms with Gasteiger partial charge in [0.1, 0.15) is 23.5 Å². The predicted molar refractivity (Wildman–Crippen MR) is 131 cm³/mol. The molecule has 2 aliphatic heterocycles. The third-order valence-electron chi connectivity index (χ3n) is 6.66. The number of ether oxygens (including phenoxy) is 1. The number of benzene rings is 1. The summed E-state index contributed by atoms with van der Waals surface area (Å²) in [7, 11) is 0. The summed E-state index contributed by atoms with van der Waals surface area (Å²) < 4.78 is 20.3. The van der Waals surface area contributed by atoms with Crippen LogP contribution in [0.1, 0.15) is 53.3 Å². The van der Waals surface area contributed by atoms with Crippen molar-refractivity contribution in [2.45, 2.75) is 51.7 Å². The van der Waals surface area contributed by atoms with E-state index < -0.39 is 11.7 Å².